The van der Waals surface area contributed by atoms with Crippen molar-refractivity contribution in [2.24, 2.45) is 13.0 Å². The maximum Gasteiger partial charge on any atom is 0.254 e. The molecular weight excluding hydrogens is 316 g/mol. The Bertz CT molecular complexity index is 817. The average Bonchev–Trinajstić information content (AvgIpc) is 2.63. The van der Waals surface area contributed by atoms with Crippen LogP contribution in [0.4, 0.5) is 0 Å². The van der Waals surface area contributed by atoms with Crippen molar-refractivity contribution in [1.29, 1.82) is 0 Å². The lowest BCUT2D eigenvalue weighted by molar-refractivity contribution is -0.00227. The number of likely N-dealkylation sites (tertiary alicyclic amines) is 1. The van der Waals surface area contributed by atoms with Crippen molar-refractivity contribution in [1.82, 2.24) is 9.47 Å². The molecule has 0 spiro atoms. The molecule has 1 saturated heterocycles. The molecule has 0 bridgehead atoms. The molecule has 5 nitrogen and oxygen atoms in total. The van der Waals surface area contributed by atoms with Crippen LogP contribution in [0.1, 0.15) is 37.0 Å². The van der Waals surface area contributed by atoms with Crippen LogP contribution in [0.5, 0.6) is 0 Å². The molecule has 0 aliphatic carbocycles. The number of hydrogen-bond acceptors (Lipinski definition) is 3. The van der Waals surface area contributed by atoms with Gasteiger partial charge in [-0.3, -0.25) is 9.59 Å². The fourth-order valence-corrected chi connectivity index (χ4v) is 3.31. The molecule has 1 aliphatic rings. The maximum absolute atomic E-state index is 13.0. The molecule has 3 rings (SSSR count). The number of aryl methyl sites for hydroxylation is 1. The van der Waals surface area contributed by atoms with E-state index in [9.17, 15) is 9.59 Å². The lowest BCUT2D eigenvalue weighted by Crippen LogP contribution is -2.41. The van der Waals surface area contributed by atoms with Crippen LogP contribution in [0, 0.1) is 5.92 Å². The van der Waals surface area contributed by atoms with Gasteiger partial charge in [0.2, 0.25) is 0 Å². The Hall–Kier alpha value is -2.14. The molecule has 2 aromatic rings. The van der Waals surface area contributed by atoms with Gasteiger partial charge in [-0.15, -0.1) is 0 Å². The van der Waals surface area contributed by atoms with Crippen LogP contribution < -0.4 is 5.56 Å². The summed E-state index contributed by atoms with van der Waals surface area (Å²) in [6.07, 6.45) is 1.93. The number of hydrogen-bond donors (Lipinski definition) is 0. The standard InChI is InChI=1S/C20H26N2O3/c1-14(2)13-25-15-8-10-22(11-9-15)20(24)17-12-19(23)21(3)18-7-5-4-6-16(17)18/h4-7,12,14-15H,8-11,13H2,1-3H3. The van der Waals surface area contributed by atoms with Crippen LogP contribution >= 0.6 is 0 Å². The lowest BCUT2D eigenvalue weighted by atomic mass is 10.0. The number of pyridine rings is 1. The molecule has 2 heterocycles. The largest absolute Gasteiger partial charge is 0.378 e. The highest BCUT2D eigenvalue weighted by atomic mass is 16.5. The Morgan fingerprint density at radius 2 is 1.92 bits per heavy atom. The van der Waals surface area contributed by atoms with Gasteiger partial charge in [-0.2, -0.15) is 0 Å². The van der Waals surface area contributed by atoms with Crippen molar-refractivity contribution < 1.29 is 9.53 Å². The first-order valence-corrected chi connectivity index (χ1v) is 8.97. The summed E-state index contributed by atoms with van der Waals surface area (Å²) >= 11 is 0. The molecule has 1 amide bonds. The Labute approximate surface area is 148 Å². The van der Waals surface area contributed by atoms with Gasteiger partial charge in [-0.1, -0.05) is 32.0 Å². The first-order valence-electron chi connectivity index (χ1n) is 8.97. The van der Waals surface area contributed by atoms with Gasteiger partial charge in [0.1, 0.15) is 0 Å². The predicted octanol–water partition coefficient (Wildman–Crippen LogP) is 2.82. The summed E-state index contributed by atoms with van der Waals surface area (Å²) in [6.45, 7) is 6.38. The van der Waals surface area contributed by atoms with Gasteiger partial charge in [-0.25, -0.2) is 0 Å². The number of aromatic nitrogens is 1. The summed E-state index contributed by atoms with van der Waals surface area (Å²) < 4.78 is 7.47. The third-order valence-electron chi connectivity index (χ3n) is 4.78. The number of benzene rings is 1. The number of rotatable bonds is 4. The number of ether oxygens (including phenoxy) is 1. The molecule has 1 aromatic carbocycles. The molecule has 134 valence electrons. The van der Waals surface area contributed by atoms with Crippen LogP contribution in [0.2, 0.25) is 0 Å². The summed E-state index contributed by atoms with van der Waals surface area (Å²) in [5.74, 6) is 0.461. The number of carbonyl (C=O) groups excluding carboxylic acids is 1. The van der Waals surface area contributed by atoms with Gasteiger partial charge in [0, 0.05) is 38.2 Å². The van der Waals surface area contributed by atoms with E-state index < -0.39 is 0 Å². The van der Waals surface area contributed by atoms with Gasteiger partial charge in [-0.05, 0) is 24.8 Å². The fourth-order valence-electron chi connectivity index (χ4n) is 3.31. The number of amides is 1. The van der Waals surface area contributed by atoms with E-state index in [1.165, 1.54) is 6.07 Å². The van der Waals surface area contributed by atoms with Crippen molar-refractivity contribution in [3.05, 3.63) is 46.2 Å². The highest BCUT2D eigenvalue weighted by molar-refractivity contribution is 6.06. The number of carbonyl (C=O) groups is 1. The molecule has 25 heavy (non-hydrogen) atoms. The number of fused-ring (bicyclic) bond motifs is 1. The van der Waals surface area contributed by atoms with Crippen molar-refractivity contribution in [3.8, 4) is 0 Å². The van der Waals surface area contributed by atoms with E-state index in [4.69, 9.17) is 4.74 Å². The van der Waals surface area contributed by atoms with Crippen LogP contribution in [-0.4, -0.2) is 41.2 Å². The summed E-state index contributed by atoms with van der Waals surface area (Å²) in [7, 11) is 1.73. The zero-order chi connectivity index (χ0) is 18.0. The Kier molecular flexibility index (Phi) is 5.23. The molecule has 0 radical (unpaired) electrons. The third kappa shape index (κ3) is 3.76. The topological polar surface area (TPSA) is 51.5 Å². The van der Waals surface area contributed by atoms with E-state index >= 15 is 0 Å². The second kappa shape index (κ2) is 7.40. The van der Waals surface area contributed by atoms with Crippen LogP contribution in [0.25, 0.3) is 10.9 Å². The van der Waals surface area contributed by atoms with Gasteiger partial charge < -0.3 is 14.2 Å². The Morgan fingerprint density at radius 3 is 2.60 bits per heavy atom. The summed E-state index contributed by atoms with van der Waals surface area (Å²) in [5, 5.41) is 0.827. The molecule has 1 fully saturated rings. The maximum atomic E-state index is 13.0. The van der Waals surface area contributed by atoms with E-state index in [0.29, 0.717) is 24.6 Å². The fraction of sp³-hybridized carbons (Fsp3) is 0.500. The second-order valence-corrected chi connectivity index (χ2v) is 7.19. The molecule has 5 heteroatoms. The Balaban J connectivity index is 1.78. The molecule has 0 N–H and O–H groups in total. The molecule has 0 unspecified atom stereocenters. The van der Waals surface area contributed by atoms with E-state index in [-0.39, 0.29) is 17.6 Å². The van der Waals surface area contributed by atoms with Crippen LogP contribution in [0.15, 0.2) is 35.1 Å². The minimum atomic E-state index is -0.155. The zero-order valence-corrected chi connectivity index (χ0v) is 15.2. The quantitative estimate of drug-likeness (QED) is 0.858. The minimum Gasteiger partial charge on any atom is -0.378 e. The van der Waals surface area contributed by atoms with Crippen LogP contribution in [-0.2, 0) is 11.8 Å². The first-order chi connectivity index (χ1) is 12.0. The predicted molar refractivity (Wildman–Crippen MR) is 98.9 cm³/mol. The third-order valence-corrected chi connectivity index (χ3v) is 4.78. The average molecular weight is 342 g/mol. The van der Waals surface area contributed by atoms with E-state index in [1.807, 2.05) is 29.2 Å². The number of piperidine rings is 1. The van der Waals surface area contributed by atoms with Crippen molar-refractivity contribution >= 4 is 16.8 Å². The zero-order valence-electron chi connectivity index (χ0n) is 15.2. The van der Waals surface area contributed by atoms with Gasteiger partial charge in [0.05, 0.1) is 17.2 Å². The van der Waals surface area contributed by atoms with E-state index in [2.05, 4.69) is 13.8 Å². The first kappa shape index (κ1) is 17.7. The Morgan fingerprint density at radius 1 is 1.24 bits per heavy atom. The lowest BCUT2D eigenvalue weighted by Gasteiger charge is -2.32. The molecule has 1 aliphatic heterocycles. The normalized spacial score (nSPS) is 15.9. The number of nitrogens with zero attached hydrogens (tertiary/aromatic N) is 2. The van der Waals surface area contributed by atoms with Gasteiger partial charge >= 0.3 is 0 Å². The van der Waals surface area contributed by atoms with Crippen molar-refractivity contribution in [2.75, 3.05) is 19.7 Å². The van der Waals surface area contributed by atoms with Gasteiger partial charge in [0.15, 0.2) is 0 Å². The molecule has 1 aromatic heterocycles. The minimum absolute atomic E-state index is 0.0591. The molecular formula is C20H26N2O3. The van der Waals surface area contributed by atoms with Crippen molar-refractivity contribution in [3.63, 3.8) is 0 Å². The highest BCUT2D eigenvalue weighted by Gasteiger charge is 2.25. The smallest absolute Gasteiger partial charge is 0.254 e. The second-order valence-electron chi connectivity index (χ2n) is 7.19. The molecule has 0 atom stereocenters. The van der Waals surface area contributed by atoms with E-state index in [1.54, 1.807) is 11.6 Å². The number of para-hydroxylation sites is 1. The highest BCUT2D eigenvalue weighted by Crippen LogP contribution is 2.21. The monoisotopic (exact) mass is 342 g/mol. The van der Waals surface area contributed by atoms with Crippen molar-refractivity contribution in [2.45, 2.75) is 32.8 Å². The summed E-state index contributed by atoms with van der Waals surface area (Å²) in [6, 6.07) is 9.02. The van der Waals surface area contributed by atoms with Crippen LogP contribution in [0.3, 0.4) is 0 Å². The summed E-state index contributed by atoms with van der Waals surface area (Å²) in [5.41, 5.74) is 1.13. The molecule has 0 saturated carbocycles. The SMILES string of the molecule is CC(C)COC1CCN(C(=O)c2cc(=O)n(C)c3ccccc23)CC1. The van der Waals surface area contributed by atoms with E-state index in [0.717, 1.165) is 30.4 Å². The van der Waals surface area contributed by atoms with Gasteiger partial charge in [0.25, 0.3) is 11.5 Å². The summed E-state index contributed by atoms with van der Waals surface area (Å²) in [4.78, 5) is 27.0.